The van der Waals surface area contributed by atoms with Crippen molar-refractivity contribution in [3.63, 3.8) is 0 Å². The Bertz CT molecular complexity index is 749. The van der Waals surface area contributed by atoms with E-state index in [0.717, 1.165) is 16.8 Å². The summed E-state index contributed by atoms with van der Waals surface area (Å²) in [6.07, 6.45) is 0. The van der Waals surface area contributed by atoms with Gasteiger partial charge in [0.1, 0.15) is 0 Å². The van der Waals surface area contributed by atoms with Gasteiger partial charge in [-0.2, -0.15) is 0 Å². The Labute approximate surface area is 135 Å². The van der Waals surface area contributed by atoms with Gasteiger partial charge in [-0.3, -0.25) is 4.79 Å². The SMILES string of the molecule is CC(C)[C@H](C(=O)[O-])c1ccc(N2Cc3ccccc3C2=O)cc1. The summed E-state index contributed by atoms with van der Waals surface area (Å²) in [6.45, 7) is 4.26. The lowest BCUT2D eigenvalue weighted by Gasteiger charge is -2.23. The number of carbonyl (C=O) groups is 2. The molecule has 2 aromatic carbocycles. The molecule has 0 radical (unpaired) electrons. The molecule has 0 spiro atoms. The highest BCUT2D eigenvalue weighted by atomic mass is 16.4. The van der Waals surface area contributed by atoms with Crippen molar-refractivity contribution in [1.82, 2.24) is 0 Å². The van der Waals surface area contributed by atoms with Gasteiger partial charge in [0.15, 0.2) is 0 Å². The zero-order valence-corrected chi connectivity index (χ0v) is 13.2. The van der Waals surface area contributed by atoms with Crippen LogP contribution in [-0.2, 0) is 11.3 Å². The first kappa shape index (κ1) is 15.3. The van der Waals surface area contributed by atoms with Gasteiger partial charge in [-0.15, -0.1) is 0 Å². The first-order chi connectivity index (χ1) is 11.0. The summed E-state index contributed by atoms with van der Waals surface area (Å²) in [4.78, 5) is 25.5. The highest BCUT2D eigenvalue weighted by Crippen LogP contribution is 2.30. The Morgan fingerprint density at radius 3 is 2.30 bits per heavy atom. The van der Waals surface area contributed by atoms with Crippen LogP contribution in [0.3, 0.4) is 0 Å². The zero-order chi connectivity index (χ0) is 16.6. The number of carboxylic acids is 1. The molecule has 0 unspecified atom stereocenters. The molecule has 0 aliphatic carbocycles. The van der Waals surface area contributed by atoms with E-state index in [1.54, 1.807) is 29.2 Å². The molecular weight excluding hydrogens is 290 g/mol. The zero-order valence-electron chi connectivity index (χ0n) is 13.2. The number of hydrogen-bond acceptors (Lipinski definition) is 3. The van der Waals surface area contributed by atoms with Crippen LogP contribution in [0.25, 0.3) is 0 Å². The van der Waals surface area contributed by atoms with Crippen molar-refractivity contribution in [1.29, 1.82) is 0 Å². The van der Waals surface area contributed by atoms with Crippen molar-refractivity contribution >= 4 is 17.6 Å². The normalized spacial score (nSPS) is 14.9. The Kier molecular flexibility index (Phi) is 3.90. The topological polar surface area (TPSA) is 60.4 Å². The minimum Gasteiger partial charge on any atom is -0.549 e. The molecule has 23 heavy (non-hydrogen) atoms. The number of anilines is 1. The van der Waals surface area contributed by atoms with Crippen LogP contribution < -0.4 is 10.0 Å². The van der Waals surface area contributed by atoms with Gasteiger partial charge in [-0.25, -0.2) is 0 Å². The second kappa shape index (κ2) is 5.88. The van der Waals surface area contributed by atoms with Crippen LogP contribution in [0.4, 0.5) is 5.69 Å². The number of hydrogen-bond donors (Lipinski definition) is 0. The van der Waals surface area contributed by atoms with Crippen molar-refractivity contribution in [2.45, 2.75) is 26.3 Å². The predicted octanol–water partition coefficient (Wildman–Crippen LogP) is 2.34. The van der Waals surface area contributed by atoms with E-state index >= 15 is 0 Å². The number of benzene rings is 2. The summed E-state index contributed by atoms with van der Waals surface area (Å²) in [7, 11) is 0. The molecule has 2 aromatic rings. The molecule has 1 heterocycles. The van der Waals surface area contributed by atoms with E-state index in [-0.39, 0.29) is 11.8 Å². The molecule has 0 fully saturated rings. The summed E-state index contributed by atoms with van der Waals surface area (Å²) in [5.74, 6) is -1.79. The molecule has 1 aliphatic rings. The Morgan fingerprint density at radius 1 is 1.09 bits per heavy atom. The van der Waals surface area contributed by atoms with Crippen LogP contribution in [0.2, 0.25) is 0 Å². The van der Waals surface area contributed by atoms with Gasteiger partial charge in [-0.05, 0) is 35.2 Å². The number of rotatable bonds is 4. The van der Waals surface area contributed by atoms with Crippen molar-refractivity contribution in [3.05, 3.63) is 65.2 Å². The number of aliphatic carboxylic acids is 1. The van der Waals surface area contributed by atoms with Gasteiger partial charge >= 0.3 is 0 Å². The minimum atomic E-state index is -1.07. The van der Waals surface area contributed by atoms with Gasteiger partial charge in [0.2, 0.25) is 0 Å². The Morgan fingerprint density at radius 2 is 1.74 bits per heavy atom. The number of nitrogens with zero attached hydrogens (tertiary/aromatic N) is 1. The number of amides is 1. The van der Waals surface area contributed by atoms with Gasteiger partial charge < -0.3 is 14.8 Å². The van der Waals surface area contributed by atoms with E-state index in [9.17, 15) is 14.7 Å². The van der Waals surface area contributed by atoms with E-state index < -0.39 is 11.9 Å². The lowest BCUT2D eigenvalue weighted by molar-refractivity contribution is -0.309. The average molecular weight is 308 g/mol. The van der Waals surface area contributed by atoms with Gasteiger partial charge in [0.25, 0.3) is 5.91 Å². The Balaban J connectivity index is 1.87. The molecule has 0 aromatic heterocycles. The molecule has 0 saturated heterocycles. The summed E-state index contributed by atoms with van der Waals surface area (Å²) < 4.78 is 0. The van der Waals surface area contributed by atoms with E-state index in [4.69, 9.17) is 0 Å². The van der Waals surface area contributed by atoms with Crippen LogP contribution in [0, 0.1) is 5.92 Å². The monoisotopic (exact) mass is 308 g/mol. The molecule has 1 amide bonds. The molecular formula is C19H18NO3-. The fourth-order valence-electron chi connectivity index (χ4n) is 3.12. The fraction of sp³-hybridized carbons (Fsp3) is 0.263. The first-order valence-electron chi connectivity index (χ1n) is 7.69. The van der Waals surface area contributed by atoms with Crippen molar-refractivity contribution in [2.75, 3.05) is 4.90 Å². The van der Waals surface area contributed by atoms with Crippen molar-refractivity contribution in [3.8, 4) is 0 Å². The van der Waals surface area contributed by atoms with Gasteiger partial charge in [0.05, 0.1) is 6.54 Å². The number of carboxylic acid groups (broad SMARTS) is 1. The average Bonchev–Trinajstić information content (AvgIpc) is 2.85. The number of fused-ring (bicyclic) bond motifs is 1. The molecule has 1 aliphatic heterocycles. The molecule has 118 valence electrons. The second-order valence-corrected chi connectivity index (χ2v) is 6.18. The second-order valence-electron chi connectivity index (χ2n) is 6.18. The quantitative estimate of drug-likeness (QED) is 0.871. The van der Waals surface area contributed by atoms with Crippen LogP contribution in [-0.4, -0.2) is 11.9 Å². The lowest BCUT2D eigenvalue weighted by Crippen LogP contribution is -2.32. The molecule has 0 N–H and O–H groups in total. The molecule has 0 bridgehead atoms. The molecule has 1 atom stereocenters. The molecule has 0 saturated carbocycles. The lowest BCUT2D eigenvalue weighted by atomic mass is 9.88. The molecule has 3 rings (SSSR count). The van der Waals surface area contributed by atoms with Gasteiger partial charge in [0, 0.05) is 23.1 Å². The maximum absolute atomic E-state index is 12.5. The largest absolute Gasteiger partial charge is 0.549 e. The van der Waals surface area contributed by atoms with Crippen molar-refractivity contribution in [2.24, 2.45) is 5.92 Å². The number of carbonyl (C=O) groups excluding carboxylic acids is 2. The molecule has 4 nitrogen and oxygen atoms in total. The summed E-state index contributed by atoms with van der Waals surface area (Å²) in [6, 6.07) is 14.7. The predicted molar refractivity (Wildman–Crippen MR) is 86.0 cm³/mol. The molecule has 4 heteroatoms. The third-order valence-electron chi connectivity index (χ3n) is 4.31. The fourth-order valence-corrected chi connectivity index (χ4v) is 3.12. The van der Waals surface area contributed by atoms with E-state index in [2.05, 4.69) is 0 Å². The standard InChI is InChI=1S/C19H19NO3/c1-12(2)17(19(22)23)13-7-9-15(10-8-13)20-11-14-5-3-4-6-16(14)18(20)21/h3-10,12,17H,11H2,1-2H3,(H,22,23)/p-1/t17-/m0/s1. The van der Waals surface area contributed by atoms with Crippen LogP contribution in [0.1, 0.15) is 41.3 Å². The summed E-state index contributed by atoms with van der Waals surface area (Å²) >= 11 is 0. The van der Waals surface area contributed by atoms with E-state index in [1.807, 2.05) is 38.1 Å². The first-order valence-corrected chi connectivity index (χ1v) is 7.69. The third-order valence-corrected chi connectivity index (χ3v) is 4.31. The smallest absolute Gasteiger partial charge is 0.258 e. The van der Waals surface area contributed by atoms with E-state index in [1.165, 1.54) is 0 Å². The van der Waals surface area contributed by atoms with Crippen LogP contribution >= 0.6 is 0 Å². The van der Waals surface area contributed by atoms with Crippen LogP contribution in [0.15, 0.2) is 48.5 Å². The summed E-state index contributed by atoms with van der Waals surface area (Å²) in [5.41, 5.74) is 3.21. The van der Waals surface area contributed by atoms with Crippen LogP contribution in [0.5, 0.6) is 0 Å². The third kappa shape index (κ3) is 2.72. The highest BCUT2D eigenvalue weighted by Gasteiger charge is 2.28. The highest BCUT2D eigenvalue weighted by molar-refractivity contribution is 6.09. The summed E-state index contributed by atoms with van der Waals surface area (Å²) in [5, 5.41) is 11.3. The Hall–Kier alpha value is -2.62. The minimum absolute atomic E-state index is 0.0198. The maximum atomic E-state index is 12.5. The van der Waals surface area contributed by atoms with Crippen molar-refractivity contribution < 1.29 is 14.7 Å². The van der Waals surface area contributed by atoms with Gasteiger partial charge in [-0.1, -0.05) is 44.2 Å². The maximum Gasteiger partial charge on any atom is 0.258 e. The van der Waals surface area contributed by atoms with E-state index in [0.29, 0.717) is 12.1 Å².